The lowest BCUT2D eigenvalue weighted by Crippen LogP contribution is -2.50. The van der Waals surface area contributed by atoms with Gasteiger partial charge in [-0.3, -0.25) is 4.79 Å². The fourth-order valence-electron chi connectivity index (χ4n) is 5.32. The van der Waals surface area contributed by atoms with Crippen LogP contribution < -0.4 is 10.1 Å². The van der Waals surface area contributed by atoms with Crippen LogP contribution in [0.1, 0.15) is 17.9 Å². The van der Waals surface area contributed by atoms with E-state index in [9.17, 15) is 18.3 Å². The number of carboxylic acids is 1. The predicted molar refractivity (Wildman–Crippen MR) is 164 cm³/mol. The molecule has 0 amide bonds. The summed E-state index contributed by atoms with van der Waals surface area (Å²) in [5, 5.41) is 27.5. The minimum absolute atomic E-state index is 0.0241. The van der Waals surface area contributed by atoms with Crippen molar-refractivity contribution in [1.29, 1.82) is 0 Å². The molecule has 1 saturated carbocycles. The Bertz CT molecular complexity index is 1860. The van der Waals surface area contributed by atoms with E-state index in [0.29, 0.717) is 22.1 Å². The first kappa shape index (κ1) is 29.3. The van der Waals surface area contributed by atoms with Crippen LogP contribution in [-0.2, 0) is 14.8 Å². The largest absolute Gasteiger partial charge is 0.480 e. The number of aliphatic carboxylic acids is 1. The van der Waals surface area contributed by atoms with Crippen molar-refractivity contribution in [2.24, 2.45) is 0 Å². The van der Waals surface area contributed by atoms with E-state index >= 15 is 0 Å². The zero-order valence-electron chi connectivity index (χ0n) is 23.2. The lowest BCUT2D eigenvalue weighted by atomic mass is 10.1. The fourth-order valence-corrected chi connectivity index (χ4v) is 7.22. The maximum Gasteiger partial charge on any atom is 0.325 e. The van der Waals surface area contributed by atoms with Gasteiger partial charge < -0.3 is 15.2 Å². The maximum atomic E-state index is 14.2. The number of aromatic amines is 1. The van der Waals surface area contributed by atoms with Crippen LogP contribution in [0, 0.1) is 0 Å². The average Bonchev–Trinajstić information content (AvgIpc) is 3.57. The fraction of sp³-hybridized carbons (Fsp3) is 0.161. The summed E-state index contributed by atoms with van der Waals surface area (Å²) >= 11 is 6.01. The molecule has 1 aromatic heterocycles. The van der Waals surface area contributed by atoms with Gasteiger partial charge in [0, 0.05) is 24.0 Å². The molecule has 1 heterocycles. The summed E-state index contributed by atoms with van der Waals surface area (Å²) in [5.74, 6) is -0.471. The van der Waals surface area contributed by atoms with Gasteiger partial charge in [-0.2, -0.15) is 4.31 Å². The number of H-pyrrole nitrogens is 1. The quantitative estimate of drug-likeness (QED) is 0.164. The number of aromatic nitrogens is 4. The summed E-state index contributed by atoms with van der Waals surface area (Å²) in [7, 11) is -4.29. The molecule has 2 unspecified atom stereocenters. The number of sulfonamides is 1. The summed E-state index contributed by atoms with van der Waals surface area (Å²) in [6, 6.07) is 29.8. The Morgan fingerprint density at radius 3 is 2.32 bits per heavy atom. The van der Waals surface area contributed by atoms with Gasteiger partial charge in [0.2, 0.25) is 16.0 Å². The molecule has 0 bridgehead atoms. The Kier molecular flexibility index (Phi) is 8.04. The van der Waals surface area contributed by atoms with Gasteiger partial charge in [0.05, 0.1) is 4.90 Å². The van der Waals surface area contributed by atoms with Crippen molar-refractivity contribution < 1.29 is 23.1 Å². The van der Waals surface area contributed by atoms with Gasteiger partial charge in [0.15, 0.2) is 0 Å². The lowest BCUT2D eigenvalue weighted by molar-refractivity contribution is -0.143. The Morgan fingerprint density at radius 2 is 1.66 bits per heavy atom. The molecule has 0 spiro atoms. The Hall–Kier alpha value is -4.78. The molecular weight excluding hydrogens is 604 g/mol. The van der Waals surface area contributed by atoms with E-state index in [-0.39, 0.29) is 30.4 Å². The number of carbonyl (C=O) groups is 1. The van der Waals surface area contributed by atoms with Crippen LogP contribution in [0.3, 0.4) is 0 Å². The van der Waals surface area contributed by atoms with Crippen LogP contribution >= 0.6 is 11.6 Å². The van der Waals surface area contributed by atoms with Gasteiger partial charge in [0.25, 0.3) is 0 Å². The van der Waals surface area contributed by atoms with Gasteiger partial charge in [-0.25, -0.2) is 13.5 Å². The van der Waals surface area contributed by atoms with Gasteiger partial charge in [-0.05, 0) is 82.1 Å². The first-order valence-corrected chi connectivity index (χ1v) is 15.5. The lowest BCUT2D eigenvalue weighted by Gasteiger charge is -2.29. The summed E-state index contributed by atoms with van der Waals surface area (Å²) in [6.45, 7) is -0.108. The molecule has 44 heavy (non-hydrogen) atoms. The number of rotatable bonds is 12. The van der Waals surface area contributed by atoms with E-state index in [1.54, 1.807) is 48.5 Å². The van der Waals surface area contributed by atoms with E-state index in [1.165, 1.54) is 12.1 Å². The minimum atomic E-state index is -4.29. The Morgan fingerprint density at radius 1 is 0.977 bits per heavy atom. The monoisotopic (exact) mass is 630 g/mol. The van der Waals surface area contributed by atoms with Crippen LogP contribution in [0.5, 0.6) is 11.5 Å². The Labute approximate surface area is 258 Å². The molecule has 2 atom stereocenters. The zero-order chi connectivity index (χ0) is 30.7. The highest BCUT2D eigenvalue weighted by Crippen LogP contribution is 2.57. The summed E-state index contributed by atoms with van der Waals surface area (Å²) in [4.78, 5) is 13.0. The molecule has 11 nitrogen and oxygen atoms in total. The standard InChI is InChI=1S/C31H27ClN6O5S/c32-24-13-9-21(10-14-24)22-11-15-27(16-12-22)44(41,42)38(18-17-33-30-34-36-37-35-30)31(29(39)40)20-28(31)23-5-4-8-26(19-23)43-25-6-2-1-3-7-25/h1-16,19,28H,17-18,20H2,(H,39,40)(H2,33,34,35,36,37). The van der Waals surface area contributed by atoms with Crippen LogP contribution in [0.4, 0.5) is 5.95 Å². The average molecular weight is 631 g/mol. The van der Waals surface area contributed by atoms with Crippen molar-refractivity contribution in [2.75, 3.05) is 18.4 Å². The van der Waals surface area contributed by atoms with Crippen LogP contribution in [-0.4, -0.2) is 63.1 Å². The summed E-state index contributed by atoms with van der Waals surface area (Å²) < 4.78 is 35.5. The molecule has 0 radical (unpaired) electrons. The van der Waals surface area contributed by atoms with Crippen LogP contribution in [0.25, 0.3) is 11.1 Å². The normalized spacial score (nSPS) is 17.7. The molecule has 4 aromatic carbocycles. The van der Waals surface area contributed by atoms with Crippen molar-refractivity contribution in [3.8, 4) is 22.6 Å². The van der Waals surface area contributed by atoms with Crippen LogP contribution in [0.2, 0.25) is 5.02 Å². The van der Waals surface area contributed by atoms with E-state index in [0.717, 1.165) is 15.4 Å². The third kappa shape index (κ3) is 5.87. The second kappa shape index (κ2) is 12.1. The van der Waals surface area contributed by atoms with Crippen molar-refractivity contribution >= 4 is 33.5 Å². The molecule has 1 aliphatic rings. The molecule has 6 rings (SSSR count). The highest BCUT2D eigenvalue weighted by atomic mass is 35.5. The number of para-hydroxylation sites is 1. The second-order valence-corrected chi connectivity index (χ2v) is 12.6. The number of halogens is 1. The number of anilines is 1. The zero-order valence-corrected chi connectivity index (χ0v) is 24.7. The number of hydrogen-bond donors (Lipinski definition) is 3. The number of hydrogen-bond acceptors (Lipinski definition) is 8. The Balaban J connectivity index is 1.32. The van der Waals surface area contributed by atoms with E-state index in [2.05, 4.69) is 25.9 Å². The smallest absolute Gasteiger partial charge is 0.325 e. The number of ether oxygens (including phenoxy) is 1. The number of nitrogens with zero attached hydrogens (tertiary/aromatic N) is 4. The van der Waals surface area contributed by atoms with Gasteiger partial charge in [-0.1, -0.05) is 71.3 Å². The van der Waals surface area contributed by atoms with Crippen molar-refractivity contribution in [3.63, 3.8) is 0 Å². The minimum Gasteiger partial charge on any atom is -0.480 e. The predicted octanol–water partition coefficient (Wildman–Crippen LogP) is 5.43. The van der Waals surface area contributed by atoms with Gasteiger partial charge in [-0.15, -0.1) is 0 Å². The van der Waals surface area contributed by atoms with Gasteiger partial charge in [0.1, 0.15) is 17.0 Å². The summed E-state index contributed by atoms with van der Waals surface area (Å²) in [5.41, 5.74) is 0.591. The maximum absolute atomic E-state index is 14.2. The number of nitrogens with one attached hydrogen (secondary N) is 2. The third-order valence-electron chi connectivity index (χ3n) is 7.56. The second-order valence-electron chi connectivity index (χ2n) is 10.3. The third-order valence-corrected chi connectivity index (χ3v) is 9.77. The number of tetrazole rings is 1. The first-order valence-electron chi connectivity index (χ1n) is 13.7. The molecule has 1 fully saturated rings. The SMILES string of the molecule is O=C(O)C1(N(CCNc2nnn[nH]2)S(=O)(=O)c2ccc(-c3ccc(Cl)cc3)cc2)CC1c1cccc(Oc2ccccc2)c1. The first-order chi connectivity index (χ1) is 21.3. The topological polar surface area (TPSA) is 150 Å². The molecule has 5 aromatic rings. The highest BCUT2D eigenvalue weighted by molar-refractivity contribution is 7.89. The van der Waals surface area contributed by atoms with Crippen molar-refractivity contribution in [3.05, 3.63) is 114 Å². The molecule has 13 heteroatoms. The molecule has 3 N–H and O–H groups in total. The highest BCUT2D eigenvalue weighted by Gasteiger charge is 2.67. The molecule has 0 saturated heterocycles. The number of benzene rings is 4. The van der Waals surface area contributed by atoms with Gasteiger partial charge >= 0.3 is 5.97 Å². The molecule has 1 aliphatic carbocycles. The van der Waals surface area contributed by atoms with Crippen molar-refractivity contribution in [2.45, 2.75) is 22.8 Å². The van der Waals surface area contributed by atoms with Crippen molar-refractivity contribution in [1.82, 2.24) is 24.9 Å². The molecule has 224 valence electrons. The van der Waals surface area contributed by atoms with E-state index in [4.69, 9.17) is 16.3 Å². The summed E-state index contributed by atoms with van der Waals surface area (Å²) in [6.07, 6.45) is 0.0864. The van der Waals surface area contributed by atoms with E-state index in [1.807, 2.05) is 42.5 Å². The number of carboxylic acid groups (broad SMARTS) is 1. The molecule has 0 aliphatic heterocycles. The van der Waals surface area contributed by atoms with Crippen LogP contribution in [0.15, 0.2) is 108 Å². The van der Waals surface area contributed by atoms with E-state index < -0.39 is 27.4 Å². The molecular formula is C31H27ClN6O5S.